The number of hydrogen-bond acceptors (Lipinski definition) is 7. The standard InChI is InChI=1S/C19H21NO6S/c1-11-17(23)12-6-4-7-13(25-2)16(12)18(24)19(11)27-10-14(21)20-9-5-8-15(22)26-3/h4,6-7H,5,8-10H2,1-3H3,(H,20,21). The van der Waals surface area contributed by atoms with Crippen molar-refractivity contribution in [3.63, 3.8) is 0 Å². The van der Waals surface area contributed by atoms with Crippen molar-refractivity contribution in [1.29, 1.82) is 0 Å². The molecule has 8 heteroatoms. The van der Waals surface area contributed by atoms with Gasteiger partial charge in [0.25, 0.3) is 0 Å². The van der Waals surface area contributed by atoms with E-state index < -0.39 is 0 Å². The number of carbonyl (C=O) groups is 4. The van der Waals surface area contributed by atoms with E-state index in [-0.39, 0.29) is 46.1 Å². The highest BCUT2D eigenvalue weighted by atomic mass is 32.2. The molecule has 0 aromatic heterocycles. The zero-order chi connectivity index (χ0) is 20.0. The van der Waals surface area contributed by atoms with Gasteiger partial charge in [-0.25, -0.2) is 0 Å². The highest BCUT2D eigenvalue weighted by molar-refractivity contribution is 8.04. The van der Waals surface area contributed by atoms with Crippen LogP contribution in [0.5, 0.6) is 5.75 Å². The molecule has 27 heavy (non-hydrogen) atoms. The van der Waals surface area contributed by atoms with Crippen molar-refractivity contribution in [3.8, 4) is 5.75 Å². The van der Waals surface area contributed by atoms with Crippen molar-refractivity contribution in [3.05, 3.63) is 39.8 Å². The number of carbonyl (C=O) groups excluding carboxylic acids is 4. The lowest BCUT2D eigenvalue weighted by Gasteiger charge is -2.20. The predicted octanol–water partition coefficient (Wildman–Crippen LogP) is 2.15. The summed E-state index contributed by atoms with van der Waals surface area (Å²) in [5.41, 5.74) is 0.870. The highest BCUT2D eigenvalue weighted by Gasteiger charge is 2.33. The highest BCUT2D eigenvalue weighted by Crippen LogP contribution is 2.36. The van der Waals surface area contributed by atoms with Gasteiger partial charge in [-0.2, -0.15) is 0 Å². The van der Waals surface area contributed by atoms with Crippen LogP contribution in [0.25, 0.3) is 0 Å². The number of fused-ring (bicyclic) bond motifs is 1. The van der Waals surface area contributed by atoms with Gasteiger partial charge in [0.1, 0.15) is 5.75 Å². The van der Waals surface area contributed by atoms with Gasteiger partial charge in [0.05, 0.1) is 30.4 Å². The zero-order valence-electron chi connectivity index (χ0n) is 15.4. The summed E-state index contributed by atoms with van der Waals surface area (Å²) in [4.78, 5) is 48.6. The second-order valence-electron chi connectivity index (χ2n) is 5.81. The third-order valence-corrected chi connectivity index (χ3v) is 5.25. The Bertz CT molecular complexity index is 814. The van der Waals surface area contributed by atoms with E-state index in [0.717, 1.165) is 11.8 Å². The van der Waals surface area contributed by atoms with Gasteiger partial charge in [-0.05, 0) is 19.4 Å². The number of hydrogen-bond donors (Lipinski definition) is 1. The first-order valence-electron chi connectivity index (χ1n) is 8.34. The molecular weight excluding hydrogens is 370 g/mol. The van der Waals surface area contributed by atoms with Crippen molar-refractivity contribution < 1.29 is 28.7 Å². The summed E-state index contributed by atoms with van der Waals surface area (Å²) in [6, 6.07) is 4.88. The Morgan fingerprint density at radius 1 is 1.15 bits per heavy atom. The molecule has 0 unspecified atom stereocenters. The number of ether oxygens (including phenoxy) is 2. The maximum absolute atomic E-state index is 12.8. The molecule has 0 fully saturated rings. The monoisotopic (exact) mass is 391 g/mol. The summed E-state index contributed by atoms with van der Waals surface area (Å²) in [6.07, 6.45) is 0.685. The molecule has 0 aliphatic heterocycles. The van der Waals surface area contributed by atoms with E-state index in [2.05, 4.69) is 10.1 Å². The van der Waals surface area contributed by atoms with Crippen LogP contribution < -0.4 is 10.1 Å². The Kier molecular flexibility index (Phi) is 7.18. The van der Waals surface area contributed by atoms with Gasteiger partial charge < -0.3 is 14.8 Å². The summed E-state index contributed by atoms with van der Waals surface area (Å²) in [5, 5.41) is 2.67. The van der Waals surface area contributed by atoms with E-state index in [1.54, 1.807) is 25.1 Å². The molecule has 0 heterocycles. The smallest absolute Gasteiger partial charge is 0.305 e. The van der Waals surface area contributed by atoms with E-state index in [4.69, 9.17) is 4.74 Å². The molecule has 0 saturated heterocycles. The number of ketones is 2. The van der Waals surface area contributed by atoms with Crippen LogP contribution in [-0.2, 0) is 14.3 Å². The van der Waals surface area contributed by atoms with Crippen LogP contribution in [0, 0.1) is 0 Å². The largest absolute Gasteiger partial charge is 0.496 e. The number of amides is 1. The molecule has 0 saturated carbocycles. The summed E-state index contributed by atoms with van der Waals surface area (Å²) in [7, 11) is 2.75. The Labute approximate surface area is 161 Å². The Morgan fingerprint density at radius 3 is 2.56 bits per heavy atom. The SMILES string of the molecule is COC(=O)CCCNC(=O)CSC1=C(C)C(=O)c2cccc(OC)c2C1=O. The fourth-order valence-electron chi connectivity index (χ4n) is 2.64. The Balaban J connectivity index is 2.01. The second-order valence-corrected chi connectivity index (χ2v) is 6.80. The van der Waals surface area contributed by atoms with Crippen molar-refractivity contribution in [1.82, 2.24) is 5.32 Å². The maximum Gasteiger partial charge on any atom is 0.305 e. The minimum Gasteiger partial charge on any atom is -0.496 e. The number of benzene rings is 1. The number of Topliss-reactive ketones (excluding diaryl/α,β-unsaturated/α-hetero) is 2. The summed E-state index contributed by atoms with van der Waals surface area (Å²) in [5.74, 6) is -0.847. The third-order valence-electron chi connectivity index (χ3n) is 4.06. The van der Waals surface area contributed by atoms with Crippen LogP contribution in [0.15, 0.2) is 28.7 Å². The molecule has 1 aliphatic rings. The molecule has 1 aliphatic carbocycles. The van der Waals surface area contributed by atoms with Crippen LogP contribution in [0.1, 0.15) is 40.5 Å². The molecule has 0 spiro atoms. The maximum atomic E-state index is 12.8. The lowest BCUT2D eigenvalue weighted by Crippen LogP contribution is -2.27. The Morgan fingerprint density at radius 2 is 1.89 bits per heavy atom. The van der Waals surface area contributed by atoms with Crippen LogP contribution in [-0.4, -0.2) is 50.0 Å². The first kappa shape index (κ1) is 20.7. The topological polar surface area (TPSA) is 98.8 Å². The van der Waals surface area contributed by atoms with Crippen LogP contribution in [0.2, 0.25) is 0 Å². The molecule has 0 atom stereocenters. The molecular formula is C19H21NO6S. The van der Waals surface area contributed by atoms with Gasteiger partial charge in [-0.1, -0.05) is 12.1 Å². The molecule has 1 aromatic carbocycles. The normalized spacial score (nSPS) is 13.3. The van der Waals surface area contributed by atoms with E-state index >= 15 is 0 Å². The predicted molar refractivity (Wildman–Crippen MR) is 101 cm³/mol. The quantitative estimate of drug-likeness (QED) is 0.535. The van der Waals surface area contributed by atoms with Gasteiger partial charge in [0.15, 0.2) is 5.78 Å². The van der Waals surface area contributed by atoms with Gasteiger partial charge in [0.2, 0.25) is 11.7 Å². The van der Waals surface area contributed by atoms with Crippen molar-refractivity contribution in [2.24, 2.45) is 0 Å². The minimum atomic E-state index is -0.335. The first-order chi connectivity index (χ1) is 12.9. The fraction of sp³-hybridized carbons (Fsp3) is 0.368. The zero-order valence-corrected chi connectivity index (χ0v) is 16.2. The van der Waals surface area contributed by atoms with Gasteiger partial charge in [-0.15, -0.1) is 11.8 Å². The van der Waals surface area contributed by atoms with Crippen LogP contribution in [0.4, 0.5) is 0 Å². The summed E-state index contributed by atoms with van der Waals surface area (Å²) in [6.45, 7) is 1.91. The number of thioether (sulfide) groups is 1. The molecule has 1 amide bonds. The summed E-state index contributed by atoms with van der Waals surface area (Å²) >= 11 is 1.03. The number of rotatable bonds is 8. The van der Waals surface area contributed by atoms with Crippen molar-refractivity contribution in [2.45, 2.75) is 19.8 Å². The van der Waals surface area contributed by atoms with E-state index in [0.29, 0.717) is 29.9 Å². The molecule has 0 bridgehead atoms. The molecule has 2 rings (SSSR count). The molecule has 7 nitrogen and oxygen atoms in total. The number of esters is 1. The molecule has 144 valence electrons. The fourth-order valence-corrected chi connectivity index (χ4v) is 3.56. The Hall–Kier alpha value is -2.61. The van der Waals surface area contributed by atoms with Gasteiger partial charge >= 0.3 is 5.97 Å². The summed E-state index contributed by atoms with van der Waals surface area (Å²) < 4.78 is 9.74. The lowest BCUT2D eigenvalue weighted by atomic mass is 9.89. The lowest BCUT2D eigenvalue weighted by molar-refractivity contribution is -0.140. The average Bonchev–Trinajstić information content (AvgIpc) is 2.68. The van der Waals surface area contributed by atoms with E-state index in [9.17, 15) is 19.2 Å². The third kappa shape index (κ3) is 4.77. The number of methoxy groups -OCH3 is 2. The van der Waals surface area contributed by atoms with Gasteiger partial charge in [0, 0.05) is 24.1 Å². The second kappa shape index (κ2) is 9.36. The average molecular weight is 391 g/mol. The van der Waals surface area contributed by atoms with E-state index in [1.165, 1.54) is 14.2 Å². The number of allylic oxidation sites excluding steroid dienone is 2. The van der Waals surface area contributed by atoms with Crippen molar-refractivity contribution >= 4 is 35.2 Å². The van der Waals surface area contributed by atoms with Crippen LogP contribution in [0.3, 0.4) is 0 Å². The first-order valence-corrected chi connectivity index (χ1v) is 9.32. The van der Waals surface area contributed by atoms with Crippen LogP contribution >= 0.6 is 11.8 Å². The molecule has 1 N–H and O–H groups in total. The molecule has 0 radical (unpaired) electrons. The minimum absolute atomic E-state index is 0.00556. The number of nitrogens with one attached hydrogen (secondary N) is 1. The van der Waals surface area contributed by atoms with Crippen molar-refractivity contribution in [2.75, 3.05) is 26.5 Å². The van der Waals surface area contributed by atoms with Gasteiger partial charge in [-0.3, -0.25) is 19.2 Å². The molecule has 1 aromatic rings. The van der Waals surface area contributed by atoms with E-state index in [1.807, 2.05) is 0 Å².